The van der Waals surface area contributed by atoms with Gasteiger partial charge >= 0.3 is 0 Å². The van der Waals surface area contributed by atoms with Crippen molar-refractivity contribution in [3.63, 3.8) is 0 Å². The highest BCUT2D eigenvalue weighted by Crippen LogP contribution is 2.28. The van der Waals surface area contributed by atoms with Crippen LogP contribution in [0, 0.1) is 0 Å². The van der Waals surface area contributed by atoms with Gasteiger partial charge in [-0.05, 0) is 37.3 Å². The van der Waals surface area contributed by atoms with Gasteiger partial charge in [-0.2, -0.15) is 5.10 Å². The molecule has 3 heterocycles. The second kappa shape index (κ2) is 8.91. The number of hydrogen-bond donors (Lipinski definition) is 1. The zero-order chi connectivity index (χ0) is 21.1. The molecule has 2 aromatic heterocycles. The Morgan fingerprint density at radius 3 is 2.77 bits per heavy atom. The van der Waals surface area contributed by atoms with E-state index >= 15 is 0 Å². The van der Waals surface area contributed by atoms with Crippen molar-refractivity contribution in [1.29, 1.82) is 0 Å². The van der Waals surface area contributed by atoms with E-state index < -0.39 is 0 Å². The summed E-state index contributed by atoms with van der Waals surface area (Å²) in [7, 11) is 3.92. The number of thioether (sulfide) groups is 1. The fourth-order valence-corrected chi connectivity index (χ4v) is 4.00. The van der Waals surface area contributed by atoms with Crippen molar-refractivity contribution in [1.82, 2.24) is 25.1 Å². The first-order chi connectivity index (χ1) is 14.6. The number of amides is 1. The molecule has 1 aliphatic rings. The van der Waals surface area contributed by atoms with E-state index in [0.717, 1.165) is 40.8 Å². The summed E-state index contributed by atoms with van der Waals surface area (Å²) in [6.45, 7) is 3.06. The van der Waals surface area contributed by atoms with E-state index in [4.69, 9.17) is 4.98 Å². The number of nitrogens with one attached hydrogen (secondary N) is 1. The molecule has 0 unspecified atom stereocenters. The molecule has 3 aromatic rings. The molecule has 1 amide bonds. The predicted molar refractivity (Wildman–Crippen MR) is 122 cm³/mol. The molecule has 158 valence electrons. The molecule has 4 rings (SSSR count). The molecule has 1 fully saturated rings. The fourth-order valence-electron chi connectivity index (χ4n) is 3.65. The van der Waals surface area contributed by atoms with Crippen molar-refractivity contribution in [3.05, 3.63) is 36.0 Å². The van der Waals surface area contributed by atoms with Gasteiger partial charge in [-0.1, -0.05) is 17.8 Å². The predicted octanol–water partition coefficient (Wildman–Crippen LogP) is 2.64. The number of nitrogens with zero attached hydrogens (tertiary/aromatic N) is 6. The molecule has 1 aliphatic heterocycles. The normalized spacial score (nSPS) is 13.8. The number of rotatable bonds is 7. The third kappa shape index (κ3) is 4.21. The first-order valence-corrected chi connectivity index (χ1v) is 11.4. The second-order valence-corrected chi connectivity index (χ2v) is 8.31. The molecular formula is C21H27N7OS. The van der Waals surface area contributed by atoms with Crippen LogP contribution in [0.15, 0.2) is 35.6 Å². The Kier molecular flexibility index (Phi) is 6.08. The summed E-state index contributed by atoms with van der Waals surface area (Å²) in [5.41, 5.74) is 2.46. The molecule has 1 N–H and O–H groups in total. The van der Waals surface area contributed by atoms with E-state index in [1.165, 1.54) is 24.6 Å². The third-order valence-electron chi connectivity index (χ3n) is 5.28. The summed E-state index contributed by atoms with van der Waals surface area (Å²) >= 11 is 1.53. The second-order valence-electron chi connectivity index (χ2n) is 7.53. The van der Waals surface area contributed by atoms with Crippen LogP contribution in [-0.4, -0.2) is 65.6 Å². The van der Waals surface area contributed by atoms with Crippen molar-refractivity contribution in [2.45, 2.75) is 24.5 Å². The van der Waals surface area contributed by atoms with Gasteiger partial charge in [-0.3, -0.25) is 4.79 Å². The number of anilines is 2. The molecule has 0 aliphatic carbocycles. The Labute approximate surface area is 180 Å². The van der Waals surface area contributed by atoms with Gasteiger partial charge in [0, 0.05) is 45.0 Å². The lowest BCUT2D eigenvalue weighted by molar-refractivity contribution is 0.0952. The van der Waals surface area contributed by atoms with Gasteiger partial charge in [0.1, 0.15) is 5.82 Å². The first kappa shape index (κ1) is 20.5. The van der Waals surface area contributed by atoms with Crippen molar-refractivity contribution >= 4 is 40.2 Å². The zero-order valence-electron chi connectivity index (χ0n) is 17.6. The van der Waals surface area contributed by atoms with Crippen LogP contribution in [0.5, 0.6) is 0 Å². The van der Waals surface area contributed by atoms with Crippen molar-refractivity contribution in [3.8, 4) is 0 Å². The number of hydrogen-bond acceptors (Lipinski definition) is 7. The van der Waals surface area contributed by atoms with Crippen LogP contribution < -0.4 is 15.1 Å². The standard InChI is InChI=1S/C21H27N7OS/c1-26(2)16-8-6-7-15(13-16)20(29)22-9-12-28-19-17(14-23-28)18(24-21(25-19)30-3)27-10-4-5-11-27/h6-8,13-14H,4-5,9-12H2,1-3H3,(H,22,29). The first-order valence-electron chi connectivity index (χ1n) is 10.1. The van der Waals surface area contributed by atoms with Crippen molar-refractivity contribution in [2.24, 2.45) is 0 Å². The van der Waals surface area contributed by atoms with Crippen LogP contribution in [0.4, 0.5) is 11.5 Å². The fraction of sp³-hybridized carbons (Fsp3) is 0.429. The Morgan fingerprint density at radius 1 is 1.23 bits per heavy atom. The molecule has 1 saturated heterocycles. The summed E-state index contributed by atoms with van der Waals surface area (Å²) in [6, 6.07) is 7.59. The molecule has 30 heavy (non-hydrogen) atoms. The summed E-state index contributed by atoms with van der Waals surface area (Å²) in [4.78, 5) is 26.3. The van der Waals surface area contributed by atoms with Gasteiger partial charge in [0.05, 0.1) is 18.1 Å². The van der Waals surface area contributed by atoms with Crippen LogP contribution in [0.2, 0.25) is 0 Å². The molecule has 0 bridgehead atoms. The maximum absolute atomic E-state index is 12.5. The summed E-state index contributed by atoms with van der Waals surface area (Å²) in [5, 5.41) is 9.24. The highest BCUT2D eigenvalue weighted by Gasteiger charge is 2.20. The minimum absolute atomic E-state index is 0.0904. The van der Waals surface area contributed by atoms with Gasteiger partial charge < -0.3 is 15.1 Å². The van der Waals surface area contributed by atoms with Crippen LogP contribution in [-0.2, 0) is 6.54 Å². The molecule has 0 radical (unpaired) electrons. The highest BCUT2D eigenvalue weighted by molar-refractivity contribution is 7.98. The average molecular weight is 426 g/mol. The number of aromatic nitrogens is 4. The lowest BCUT2D eigenvalue weighted by Crippen LogP contribution is -2.27. The third-order valence-corrected chi connectivity index (χ3v) is 5.83. The van der Waals surface area contributed by atoms with Crippen molar-refractivity contribution in [2.75, 3.05) is 49.8 Å². The summed E-state index contributed by atoms with van der Waals surface area (Å²) < 4.78 is 1.85. The van der Waals surface area contributed by atoms with Gasteiger partial charge in [-0.25, -0.2) is 14.6 Å². The van der Waals surface area contributed by atoms with Crippen molar-refractivity contribution < 1.29 is 4.79 Å². The van der Waals surface area contributed by atoms with E-state index in [-0.39, 0.29) is 5.91 Å². The van der Waals surface area contributed by atoms with E-state index in [9.17, 15) is 4.79 Å². The Morgan fingerprint density at radius 2 is 2.03 bits per heavy atom. The van der Waals surface area contributed by atoms with Gasteiger partial charge in [0.2, 0.25) is 0 Å². The lowest BCUT2D eigenvalue weighted by atomic mass is 10.2. The Bertz CT molecular complexity index is 1040. The monoisotopic (exact) mass is 425 g/mol. The van der Waals surface area contributed by atoms with Gasteiger partial charge in [0.15, 0.2) is 10.8 Å². The minimum atomic E-state index is -0.0904. The van der Waals surface area contributed by atoms with E-state index in [1.807, 2.05) is 60.4 Å². The number of fused-ring (bicyclic) bond motifs is 1. The topological polar surface area (TPSA) is 79.2 Å². The summed E-state index contributed by atoms with van der Waals surface area (Å²) in [5.74, 6) is 0.880. The summed E-state index contributed by atoms with van der Waals surface area (Å²) in [6.07, 6.45) is 6.21. The molecule has 8 nitrogen and oxygen atoms in total. The molecule has 0 spiro atoms. The average Bonchev–Trinajstić information content (AvgIpc) is 3.43. The van der Waals surface area contributed by atoms with Crippen LogP contribution in [0.1, 0.15) is 23.2 Å². The smallest absolute Gasteiger partial charge is 0.251 e. The largest absolute Gasteiger partial charge is 0.378 e. The van der Waals surface area contributed by atoms with E-state index in [0.29, 0.717) is 18.7 Å². The molecular weight excluding hydrogens is 398 g/mol. The molecule has 1 aromatic carbocycles. The Hall–Kier alpha value is -2.81. The van der Waals surface area contributed by atoms with Crippen LogP contribution in [0.25, 0.3) is 11.0 Å². The molecule has 9 heteroatoms. The Balaban J connectivity index is 1.48. The highest BCUT2D eigenvalue weighted by atomic mass is 32.2. The van der Waals surface area contributed by atoms with Crippen LogP contribution in [0.3, 0.4) is 0 Å². The maximum atomic E-state index is 12.5. The lowest BCUT2D eigenvalue weighted by Gasteiger charge is -2.17. The minimum Gasteiger partial charge on any atom is -0.378 e. The van der Waals surface area contributed by atoms with E-state index in [2.05, 4.69) is 20.3 Å². The quantitative estimate of drug-likeness (QED) is 0.460. The molecule has 0 saturated carbocycles. The van der Waals surface area contributed by atoms with Gasteiger partial charge in [0.25, 0.3) is 5.91 Å². The number of carbonyl (C=O) groups excluding carboxylic acids is 1. The SMILES string of the molecule is CSc1nc(N2CCCC2)c2cnn(CCNC(=O)c3cccc(N(C)C)c3)c2n1. The zero-order valence-corrected chi connectivity index (χ0v) is 18.4. The number of benzene rings is 1. The van der Waals surface area contributed by atoms with E-state index in [1.54, 1.807) is 0 Å². The number of carbonyl (C=O) groups is 1. The maximum Gasteiger partial charge on any atom is 0.251 e. The van der Waals surface area contributed by atoms with Crippen LogP contribution >= 0.6 is 11.8 Å². The molecule has 0 atom stereocenters. The van der Waals surface area contributed by atoms with Gasteiger partial charge in [-0.15, -0.1) is 0 Å².